The highest BCUT2D eigenvalue weighted by molar-refractivity contribution is 5.71. The van der Waals surface area contributed by atoms with Gasteiger partial charge in [0.15, 0.2) is 0 Å². The van der Waals surface area contributed by atoms with E-state index in [1.165, 1.54) is 6.33 Å². The van der Waals surface area contributed by atoms with E-state index in [4.69, 9.17) is 9.84 Å². The van der Waals surface area contributed by atoms with E-state index < -0.39 is 5.97 Å². The predicted molar refractivity (Wildman–Crippen MR) is 74.7 cm³/mol. The van der Waals surface area contributed by atoms with Crippen molar-refractivity contribution in [2.24, 2.45) is 0 Å². The molecular formula is C15H16N2O3. The quantitative estimate of drug-likeness (QED) is 0.906. The van der Waals surface area contributed by atoms with Crippen molar-refractivity contribution < 1.29 is 14.6 Å². The van der Waals surface area contributed by atoms with Crippen molar-refractivity contribution in [3.63, 3.8) is 0 Å². The van der Waals surface area contributed by atoms with Gasteiger partial charge in [-0.3, -0.25) is 4.79 Å². The Morgan fingerprint density at radius 1 is 1.35 bits per heavy atom. The summed E-state index contributed by atoms with van der Waals surface area (Å²) in [4.78, 5) is 18.8. The maximum atomic E-state index is 10.8. The number of carboxylic acid groups (broad SMARTS) is 1. The first-order chi connectivity index (χ1) is 9.61. The maximum Gasteiger partial charge on any atom is 0.303 e. The molecule has 0 saturated heterocycles. The molecule has 104 valence electrons. The number of carbonyl (C=O) groups is 1. The van der Waals surface area contributed by atoms with Crippen LogP contribution in [0, 0.1) is 0 Å². The van der Waals surface area contributed by atoms with Crippen molar-refractivity contribution in [2.45, 2.75) is 19.3 Å². The second kappa shape index (κ2) is 6.14. The fraction of sp³-hybridized carbons (Fsp3) is 0.267. The van der Waals surface area contributed by atoms with Gasteiger partial charge in [0, 0.05) is 23.5 Å². The molecule has 0 amide bonds. The molecule has 0 radical (unpaired) electrons. The Labute approximate surface area is 117 Å². The van der Waals surface area contributed by atoms with Crippen molar-refractivity contribution in [1.82, 2.24) is 9.97 Å². The third-order valence-corrected chi connectivity index (χ3v) is 3.14. The van der Waals surface area contributed by atoms with Gasteiger partial charge >= 0.3 is 5.97 Å². The molecule has 1 heterocycles. The summed E-state index contributed by atoms with van der Waals surface area (Å²) in [7, 11) is 1.60. The molecule has 5 nitrogen and oxygen atoms in total. The standard InChI is InChI=1S/C15H16N2O3/c1-10(5-15(18)19)11-3-4-14(20-2)13(6-11)12-7-16-9-17-8-12/h3-4,6-10H,5H2,1-2H3,(H,18,19). The molecule has 0 saturated carbocycles. The van der Waals surface area contributed by atoms with Crippen LogP contribution in [0.3, 0.4) is 0 Å². The molecule has 2 aromatic rings. The predicted octanol–water partition coefficient (Wildman–Crippen LogP) is 2.73. The summed E-state index contributed by atoms with van der Waals surface area (Å²) in [6.07, 6.45) is 4.97. The summed E-state index contributed by atoms with van der Waals surface area (Å²) >= 11 is 0. The van der Waals surface area contributed by atoms with Gasteiger partial charge in [-0.15, -0.1) is 0 Å². The molecule has 1 aromatic carbocycles. The topological polar surface area (TPSA) is 72.3 Å². The van der Waals surface area contributed by atoms with Crippen molar-refractivity contribution in [1.29, 1.82) is 0 Å². The first-order valence-electron chi connectivity index (χ1n) is 6.27. The van der Waals surface area contributed by atoms with Crippen molar-refractivity contribution in [3.05, 3.63) is 42.5 Å². The summed E-state index contributed by atoms with van der Waals surface area (Å²) in [5, 5.41) is 8.89. The zero-order valence-corrected chi connectivity index (χ0v) is 11.4. The first kappa shape index (κ1) is 14.0. The van der Waals surface area contributed by atoms with Crippen molar-refractivity contribution in [3.8, 4) is 16.9 Å². The summed E-state index contributed by atoms with van der Waals surface area (Å²) in [5.41, 5.74) is 2.66. The molecule has 0 bridgehead atoms. The molecule has 0 fully saturated rings. The number of rotatable bonds is 5. The van der Waals surface area contributed by atoms with Crippen LogP contribution in [0.5, 0.6) is 5.75 Å². The zero-order chi connectivity index (χ0) is 14.5. The smallest absolute Gasteiger partial charge is 0.303 e. The van der Waals surface area contributed by atoms with Crippen LogP contribution < -0.4 is 4.74 Å². The fourth-order valence-corrected chi connectivity index (χ4v) is 2.08. The summed E-state index contributed by atoms with van der Waals surface area (Å²) in [6.45, 7) is 1.89. The lowest BCUT2D eigenvalue weighted by Gasteiger charge is -2.14. The fourth-order valence-electron chi connectivity index (χ4n) is 2.08. The van der Waals surface area contributed by atoms with Gasteiger partial charge in [-0.1, -0.05) is 13.0 Å². The van der Waals surface area contributed by atoms with Gasteiger partial charge < -0.3 is 9.84 Å². The highest BCUT2D eigenvalue weighted by atomic mass is 16.5. The minimum Gasteiger partial charge on any atom is -0.496 e. The molecule has 0 aliphatic carbocycles. The SMILES string of the molecule is COc1ccc(C(C)CC(=O)O)cc1-c1cncnc1. The molecule has 5 heteroatoms. The number of methoxy groups -OCH3 is 1. The van der Waals surface area contributed by atoms with Crippen LogP contribution in [0.4, 0.5) is 0 Å². The number of aromatic nitrogens is 2. The molecule has 1 unspecified atom stereocenters. The average molecular weight is 272 g/mol. The molecule has 1 N–H and O–H groups in total. The molecule has 0 aliphatic heterocycles. The molecule has 2 rings (SSSR count). The van der Waals surface area contributed by atoms with Gasteiger partial charge in [-0.2, -0.15) is 0 Å². The van der Waals surface area contributed by atoms with E-state index in [0.717, 1.165) is 16.7 Å². The molecule has 1 atom stereocenters. The second-order valence-corrected chi connectivity index (χ2v) is 4.59. The van der Waals surface area contributed by atoms with Crippen LogP contribution in [-0.4, -0.2) is 28.2 Å². The summed E-state index contributed by atoms with van der Waals surface area (Å²) in [6, 6.07) is 5.67. The monoisotopic (exact) mass is 272 g/mol. The number of nitrogens with zero attached hydrogens (tertiary/aromatic N) is 2. The van der Waals surface area contributed by atoms with Gasteiger partial charge in [-0.25, -0.2) is 9.97 Å². The zero-order valence-electron chi connectivity index (χ0n) is 11.4. The highest BCUT2D eigenvalue weighted by Crippen LogP contribution is 2.32. The Hall–Kier alpha value is -2.43. The number of aliphatic carboxylic acids is 1. The third-order valence-electron chi connectivity index (χ3n) is 3.14. The summed E-state index contributed by atoms with van der Waals surface area (Å²) in [5.74, 6) is -0.161. The van der Waals surface area contributed by atoms with E-state index in [9.17, 15) is 4.79 Å². The maximum absolute atomic E-state index is 10.8. The van der Waals surface area contributed by atoms with E-state index in [1.54, 1.807) is 19.5 Å². The second-order valence-electron chi connectivity index (χ2n) is 4.59. The van der Waals surface area contributed by atoms with Gasteiger partial charge in [0.25, 0.3) is 0 Å². The highest BCUT2D eigenvalue weighted by Gasteiger charge is 2.14. The number of benzene rings is 1. The minimum absolute atomic E-state index is 0.0678. The van der Waals surface area contributed by atoms with Crippen molar-refractivity contribution >= 4 is 5.97 Å². The van der Waals surface area contributed by atoms with Crippen molar-refractivity contribution in [2.75, 3.05) is 7.11 Å². The van der Waals surface area contributed by atoms with Crippen LogP contribution in [-0.2, 0) is 4.79 Å². The van der Waals surface area contributed by atoms with Crippen LogP contribution in [0.1, 0.15) is 24.8 Å². The molecule has 1 aromatic heterocycles. The van der Waals surface area contributed by atoms with E-state index in [1.807, 2.05) is 25.1 Å². The third kappa shape index (κ3) is 3.12. The molecular weight excluding hydrogens is 256 g/mol. The van der Waals surface area contributed by atoms with Crippen LogP contribution >= 0.6 is 0 Å². The van der Waals surface area contributed by atoms with Gasteiger partial charge in [0.1, 0.15) is 12.1 Å². The first-order valence-corrected chi connectivity index (χ1v) is 6.27. The Morgan fingerprint density at radius 2 is 2.05 bits per heavy atom. The lowest BCUT2D eigenvalue weighted by atomic mass is 9.94. The van der Waals surface area contributed by atoms with Crippen LogP contribution in [0.2, 0.25) is 0 Å². The van der Waals surface area contributed by atoms with Gasteiger partial charge in [0.05, 0.1) is 13.5 Å². The van der Waals surface area contributed by atoms with E-state index in [2.05, 4.69) is 9.97 Å². The normalized spacial score (nSPS) is 11.9. The lowest BCUT2D eigenvalue weighted by molar-refractivity contribution is -0.137. The number of ether oxygens (including phenoxy) is 1. The number of hydrogen-bond donors (Lipinski definition) is 1. The number of hydrogen-bond acceptors (Lipinski definition) is 4. The largest absolute Gasteiger partial charge is 0.496 e. The van der Waals surface area contributed by atoms with E-state index >= 15 is 0 Å². The Balaban J connectivity index is 2.42. The molecule has 20 heavy (non-hydrogen) atoms. The molecule has 0 aliphatic rings. The Kier molecular flexibility index (Phi) is 4.30. The lowest BCUT2D eigenvalue weighted by Crippen LogP contribution is -2.03. The van der Waals surface area contributed by atoms with Crippen LogP contribution in [0.15, 0.2) is 36.9 Å². The van der Waals surface area contributed by atoms with Crippen LogP contribution in [0.25, 0.3) is 11.1 Å². The number of carboxylic acids is 1. The van der Waals surface area contributed by atoms with Gasteiger partial charge in [-0.05, 0) is 23.6 Å². The Bertz CT molecular complexity index is 599. The minimum atomic E-state index is -0.807. The van der Waals surface area contributed by atoms with E-state index in [0.29, 0.717) is 5.75 Å². The molecule has 0 spiro atoms. The Morgan fingerprint density at radius 3 is 2.65 bits per heavy atom. The average Bonchev–Trinajstić information content (AvgIpc) is 2.46. The van der Waals surface area contributed by atoms with Gasteiger partial charge in [0.2, 0.25) is 0 Å². The summed E-state index contributed by atoms with van der Waals surface area (Å²) < 4.78 is 5.34. The van der Waals surface area contributed by atoms with E-state index in [-0.39, 0.29) is 12.3 Å².